The molecule has 122 valence electrons. The Balaban J connectivity index is 1.61. The maximum absolute atomic E-state index is 10.3. The quantitative estimate of drug-likeness (QED) is 0.773. The fraction of sp³-hybridized carbons (Fsp3) is 0.647. The highest BCUT2D eigenvalue weighted by atomic mass is 16.7. The lowest BCUT2D eigenvalue weighted by molar-refractivity contribution is 0.0580. The molecule has 6 nitrogen and oxygen atoms in total. The van der Waals surface area contributed by atoms with Gasteiger partial charge in [-0.15, -0.1) is 0 Å². The number of nitrogens with zero attached hydrogens (tertiary/aromatic N) is 1. The molecule has 1 saturated carbocycles. The third-order valence-electron chi connectivity index (χ3n) is 6.51. The summed E-state index contributed by atoms with van der Waals surface area (Å²) in [4.78, 5) is 2.48. The van der Waals surface area contributed by atoms with E-state index in [1.807, 2.05) is 0 Å². The van der Waals surface area contributed by atoms with E-state index in [1.54, 1.807) is 7.11 Å². The number of aliphatic hydroxyl groups is 1. The summed E-state index contributed by atoms with van der Waals surface area (Å²) < 4.78 is 22.9. The summed E-state index contributed by atoms with van der Waals surface area (Å²) in [5, 5.41) is 10.3. The standard InChI is InChI=1S/C17H19NO5/c1-20-13-8-6-18-3-2-17(9(8)4-11-15(13)22-7-21-11)12(18)5-10(19)14-16(17)23-14/h4,10,12,14,16,19H,2-3,5-7H2,1H3. The molecule has 2 saturated heterocycles. The summed E-state index contributed by atoms with van der Waals surface area (Å²) >= 11 is 0. The second-order valence-electron chi connectivity index (χ2n) is 7.27. The van der Waals surface area contributed by atoms with E-state index in [0.717, 1.165) is 43.2 Å². The molecule has 3 fully saturated rings. The van der Waals surface area contributed by atoms with Crippen molar-refractivity contribution in [3.8, 4) is 17.2 Å². The van der Waals surface area contributed by atoms with Gasteiger partial charge in [-0.2, -0.15) is 0 Å². The van der Waals surface area contributed by atoms with E-state index in [0.29, 0.717) is 6.04 Å². The molecule has 6 atom stereocenters. The minimum atomic E-state index is -0.337. The summed E-state index contributed by atoms with van der Waals surface area (Å²) in [5.41, 5.74) is 2.46. The van der Waals surface area contributed by atoms with Crippen LogP contribution in [0.5, 0.6) is 17.2 Å². The Hall–Kier alpha value is -1.50. The van der Waals surface area contributed by atoms with Gasteiger partial charge in [0.1, 0.15) is 6.10 Å². The minimum absolute atomic E-state index is 0.00596. The van der Waals surface area contributed by atoms with Crippen LogP contribution in [0.3, 0.4) is 0 Å². The van der Waals surface area contributed by atoms with Crippen molar-refractivity contribution < 1.29 is 24.1 Å². The van der Waals surface area contributed by atoms with Crippen LogP contribution in [0.25, 0.3) is 0 Å². The number of epoxide rings is 1. The van der Waals surface area contributed by atoms with Gasteiger partial charge in [-0.05, 0) is 31.0 Å². The third kappa shape index (κ3) is 1.33. The van der Waals surface area contributed by atoms with Gasteiger partial charge in [0, 0.05) is 23.6 Å². The van der Waals surface area contributed by atoms with E-state index in [1.165, 1.54) is 11.1 Å². The molecule has 23 heavy (non-hydrogen) atoms. The highest BCUT2D eigenvalue weighted by Gasteiger charge is 2.70. The van der Waals surface area contributed by atoms with Crippen molar-refractivity contribution in [2.45, 2.75) is 49.2 Å². The predicted octanol–water partition coefficient (Wildman–Crippen LogP) is 0.782. The molecule has 4 heterocycles. The molecule has 1 aromatic rings. The first-order chi connectivity index (χ1) is 11.2. The molecule has 0 aromatic heterocycles. The summed E-state index contributed by atoms with van der Waals surface area (Å²) in [5.74, 6) is 2.31. The fourth-order valence-corrected chi connectivity index (χ4v) is 5.56. The van der Waals surface area contributed by atoms with Gasteiger partial charge in [0.25, 0.3) is 0 Å². The average molecular weight is 317 g/mol. The molecule has 6 heteroatoms. The SMILES string of the molecule is COc1c2c(cc3c1OCO3)C13CCN(C2)C1CC(O)C1OC13. The molecule has 0 spiro atoms. The van der Waals surface area contributed by atoms with E-state index in [4.69, 9.17) is 18.9 Å². The van der Waals surface area contributed by atoms with E-state index >= 15 is 0 Å². The Kier molecular flexibility index (Phi) is 2.20. The molecular formula is C17H19NO5. The summed E-state index contributed by atoms with van der Waals surface area (Å²) in [6.07, 6.45) is 1.63. The Morgan fingerprint density at radius 1 is 1.39 bits per heavy atom. The number of hydrogen-bond donors (Lipinski definition) is 1. The van der Waals surface area contributed by atoms with E-state index in [2.05, 4.69) is 11.0 Å². The lowest BCUT2D eigenvalue weighted by Crippen LogP contribution is -2.55. The van der Waals surface area contributed by atoms with Gasteiger partial charge in [-0.3, -0.25) is 4.90 Å². The zero-order valence-electron chi connectivity index (χ0n) is 12.9. The third-order valence-corrected chi connectivity index (χ3v) is 6.51. The number of benzene rings is 1. The van der Waals surface area contributed by atoms with Crippen LogP contribution in [-0.4, -0.2) is 54.8 Å². The van der Waals surface area contributed by atoms with Crippen LogP contribution < -0.4 is 14.2 Å². The monoisotopic (exact) mass is 317 g/mol. The molecule has 1 aromatic carbocycles. The predicted molar refractivity (Wildman–Crippen MR) is 78.9 cm³/mol. The van der Waals surface area contributed by atoms with Gasteiger partial charge in [0.15, 0.2) is 11.5 Å². The van der Waals surface area contributed by atoms with Crippen LogP contribution in [0.1, 0.15) is 24.0 Å². The largest absolute Gasteiger partial charge is 0.492 e. The van der Waals surface area contributed by atoms with Crippen LogP contribution in [0.4, 0.5) is 0 Å². The smallest absolute Gasteiger partial charge is 0.231 e. The number of methoxy groups -OCH3 is 1. The van der Waals surface area contributed by atoms with Gasteiger partial charge >= 0.3 is 0 Å². The Morgan fingerprint density at radius 3 is 3.17 bits per heavy atom. The average Bonchev–Trinajstić information content (AvgIpc) is 3.17. The van der Waals surface area contributed by atoms with Gasteiger partial charge < -0.3 is 24.1 Å². The van der Waals surface area contributed by atoms with Crippen LogP contribution in [0.15, 0.2) is 6.07 Å². The summed E-state index contributed by atoms with van der Waals surface area (Å²) in [7, 11) is 1.69. The van der Waals surface area contributed by atoms with Gasteiger partial charge in [-0.1, -0.05) is 0 Å². The summed E-state index contributed by atoms with van der Waals surface area (Å²) in [6.45, 7) is 2.12. The molecule has 6 unspecified atom stereocenters. The van der Waals surface area contributed by atoms with Gasteiger partial charge in [-0.25, -0.2) is 0 Å². The van der Waals surface area contributed by atoms with Gasteiger partial charge in [0.05, 0.1) is 19.3 Å². The van der Waals surface area contributed by atoms with E-state index < -0.39 is 0 Å². The van der Waals surface area contributed by atoms with Crippen molar-refractivity contribution in [1.82, 2.24) is 4.90 Å². The fourth-order valence-electron chi connectivity index (χ4n) is 5.56. The number of aliphatic hydroxyl groups excluding tert-OH is 1. The van der Waals surface area contributed by atoms with Crippen molar-refractivity contribution in [2.75, 3.05) is 20.4 Å². The van der Waals surface area contributed by atoms with E-state index in [9.17, 15) is 5.11 Å². The number of fused-ring (bicyclic) bond motifs is 3. The van der Waals surface area contributed by atoms with E-state index in [-0.39, 0.29) is 30.5 Å². The maximum Gasteiger partial charge on any atom is 0.231 e. The van der Waals surface area contributed by atoms with Crippen molar-refractivity contribution in [3.63, 3.8) is 0 Å². The zero-order valence-corrected chi connectivity index (χ0v) is 12.9. The lowest BCUT2D eigenvalue weighted by Gasteiger charge is -2.46. The molecule has 5 aliphatic rings. The molecular weight excluding hydrogens is 298 g/mol. The second kappa shape index (κ2) is 3.94. The zero-order chi connectivity index (χ0) is 15.3. The van der Waals surface area contributed by atoms with Crippen LogP contribution in [0, 0.1) is 0 Å². The molecule has 1 aliphatic carbocycles. The number of hydrogen-bond acceptors (Lipinski definition) is 6. The lowest BCUT2D eigenvalue weighted by atomic mass is 9.63. The first-order valence-corrected chi connectivity index (χ1v) is 8.31. The molecule has 0 radical (unpaired) electrons. The normalized spacial score (nSPS) is 44.3. The van der Waals surface area contributed by atoms with Crippen LogP contribution in [-0.2, 0) is 16.7 Å². The Morgan fingerprint density at radius 2 is 2.30 bits per heavy atom. The maximum atomic E-state index is 10.3. The highest BCUT2D eigenvalue weighted by Crippen LogP contribution is 2.62. The molecule has 4 aliphatic heterocycles. The molecule has 2 bridgehead atoms. The topological polar surface area (TPSA) is 63.7 Å². The Labute approximate surface area is 133 Å². The first-order valence-electron chi connectivity index (χ1n) is 8.31. The van der Waals surface area contributed by atoms with Gasteiger partial charge in [0.2, 0.25) is 12.5 Å². The minimum Gasteiger partial charge on any atom is -0.492 e. The molecule has 1 N–H and O–H groups in total. The number of rotatable bonds is 1. The molecule has 0 amide bonds. The second-order valence-corrected chi connectivity index (χ2v) is 7.27. The van der Waals surface area contributed by atoms with Crippen molar-refractivity contribution >= 4 is 0 Å². The van der Waals surface area contributed by atoms with Crippen molar-refractivity contribution in [3.05, 3.63) is 17.2 Å². The summed E-state index contributed by atoms with van der Waals surface area (Å²) in [6, 6.07) is 2.49. The van der Waals surface area contributed by atoms with Crippen LogP contribution in [0.2, 0.25) is 0 Å². The number of ether oxygens (including phenoxy) is 4. The van der Waals surface area contributed by atoms with Crippen molar-refractivity contribution in [2.24, 2.45) is 0 Å². The van der Waals surface area contributed by atoms with Crippen molar-refractivity contribution in [1.29, 1.82) is 0 Å². The van der Waals surface area contributed by atoms with Crippen LogP contribution >= 0.6 is 0 Å². The molecule has 6 rings (SSSR count). The Bertz CT molecular complexity index is 721. The highest BCUT2D eigenvalue weighted by molar-refractivity contribution is 5.64. The first kappa shape index (κ1) is 12.9.